The van der Waals surface area contributed by atoms with Crippen LogP contribution in [-0.2, 0) is 12.8 Å². The summed E-state index contributed by atoms with van der Waals surface area (Å²) in [6.45, 7) is 5.38. The summed E-state index contributed by atoms with van der Waals surface area (Å²) in [7, 11) is 1.61. The van der Waals surface area contributed by atoms with E-state index >= 15 is 0 Å². The summed E-state index contributed by atoms with van der Waals surface area (Å²) in [4.78, 5) is 24.7. The molecule has 0 saturated heterocycles. The Morgan fingerprint density at radius 1 is 1.00 bits per heavy atom. The summed E-state index contributed by atoms with van der Waals surface area (Å²) in [5, 5.41) is 9.68. The van der Waals surface area contributed by atoms with Crippen LogP contribution in [0.1, 0.15) is 47.2 Å². The number of nitrogens with zero attached hydrogens (tertiary/aromatic N) is 3. The Morgan fingerprint density at radius 2 is 1.68 bits per heavy atom. The van der Waals surface area contributed by atoms with Crippen LogP contribution in [0.2, 0.25) is 0 Å². The summed E-state index contributed by atoms with van der Waals surface area (Å²) in [5.74, 6) is 1.97. The molecule has 0 radical (unpaired) electrons. The molecule has 31 heavy (non-hydrogen) atoms. The van der Waals surface area contributed by atoms with E-state index in [-0.39, 0.29) is 17.6 Å². The maximum absolute atomic E-state index is 13.1. The number of fused-ring (bicyclic) bond motifs is 1. The number of aromatic hydroxyl groups is 1. The number of rotatable bonds is 4. The lowest BCUT2D eigenvalue weighted by Gasteiger charge is -2.20. The molecule has 1 aliphatic rings. The molecule has 0 aliphatic carbocycles. The third-order valence-corrected chi connectivity index (χ3v) is 5.64. The quantitative estimate of drug-likeness (QED) is 0.688. The first-order valence-electron chi connectivity index (χ1n) is 10.6. The Bertz CT molecular complexity index is 1080. The molecule has 6 nitrogen and oxygen atoms in total. The van der Waals surface area contributed by atoms with Gasteiger partial charge < -0.3 is 14.7 Å². The van der Waals surface area contributed by atoms with Crippen molar-refractivity contribution in [2.45, 2.75) is 32.6 Å². The van der Waals surface area contributed by atoms with Crippen molar-refractivity contribution in [3.8, 4) is 22.8 Å². The van der Waals surface area contributed by atoms with Gasteiger partial charge in [0.2, 0.25) is 0 Å². The number of benzene rings is 2. The molecule has 0 unspecified atom stereocenters. The van der Waals surface area contributed by atoms with Crippen LogP contribution in [0.25, 0.3) is 11.3 Å². The molecule has 6 heteroatoms. The minimum Gasteiger partial charge on any atom is -0.508 e. The zero-order valence-electron chi connectivity index (χ0n) is 18.1. The van der Waals surface area contributed by atoms with Gasteiger partial charge in [-0.15, -0.1) is 0 Å². The Balaban J connectivity index is 1.65. The zero-order chi connectivity index (χ0) is 22.0. The van der Waals surface area contributed by atoms with Crippen LogP contribution >= 0.6 is 0 Å². The van der Waals surface area contributed by atoms with Crippen LogP contribution in [-0.4, -0.2) is 46.1 Å². The largest absolute Gasteiger partial charge is 0.508 e. The first-order chi connectivity index (χ1) is 15.0. The number of carbonyl (C=O) groups is 1. The van der Waals surface area contributed by atoms with Gasteiger partial charge in [0.15, 0.2) is 0 Å². The van der Waals surface area contributed by atoms with Gasteiger partial charge >= 0.3 is 0 Å². The number of phenolic OH excluding ortho intramolecular Hbond substituents is 1. The van der Waals surface area contributed by atoms with Crippen molar-refractivity contribution in [1.29, 1.82) is 0 Å². The summed E-state index contributed by atoms with van der Waals surface area (Å²) < 4.78 is 5.19. The maximum Gasteiger partial charge on any atom is 0.253 e. The van der Waals surface area contributed by atoms with E-state index in [1.54, 1.807) is 31.4 Å². The zero-order valence-corrected chi connectivity index (χ0v) is 18.1. The minimum absolute atomic E-state index is 0.0127. The minimum atomic E-state index is 0.0127. The second-order valence-corrected chi connectivity index (χ2v) is 8.08. The highest BCUT2D eigenvalue weighted by molar-refractivity contribution is 5.94. The fourth-order valence-electron chi connectivity index (χ4n) is 3.85. The first-order valence-corrected chi connectivity index (χ1v) is 10.6. The Kier molecular flexibility index (Phi) is 5.89. The van der Waals surface area contributed by atoms with E-state index in [2.05, 4.69) is 13.8 Å². The average molecular weight is 418 g/mol. The van der Waals surface area contributed by atoms with Gasteiger partial charge in [-0.1, -0.05) is 13.8 Å². The van der Waals surface area contributed by atoms with Gasteiger partial charge in [0.1, 0.15) is 17.3 Å². The lowest BCUT2D eigenvalue weighted by Crippen LogP contribution is -2.33. The van der Waals surface area contributed by atoms with Crippen LogP contribution in [0.5, 0.6) is 11.5 Å². The van der Waals surface area contributed by atoms with E-state index in [4.69, 9.17) is 14.7 Å². The summed E-state index contributed by atoms with van der Waals surface area (Å²) in [5.41, 5.74) is 4.59. The number of amides is 1. The highest BCUT2D eigenvalue weighted by Gasteiger charge is 2.24. The van der Waals surface area contributed by atoms with Crippen LogP contribution in [0.15, 0.2) is 48.5 Å². The van der Waals surface area contributed by atoms with E-state index in [1.165, 1.54) is 0 Å². The topological polar surface area (TPSA) is 75.5 Å². The summed E-state index contributed by atoms with van der Waals surface area (Å²) in [6.07, 6.45) is 1.37. The van der Waals surface area contributed by atoms with Crippen molar-refractivity contribution in [2.24, 2.45) is 0 Å². The molecule has 0 spiro atoms. The monoisotopic (exact) mass is 417 g/mol. The molecule has 1 amide bonds. The van der Waals surface area contributed by atoms with Gasteiger partial charge in [-0.25, -0.2) is 9.97 Å². The summed E-state index contributed by atoms with van der Waals surface area (Å²) >= 11 is 0. The fraction of sp³-hybridized carbons (Fsp3) is 0.320. The SMILES string of the molecule is COc1ccc(C(=O)N2CCc3nc(C(C)C)nc(-c4ccc(O)cc4)c3CC2)cc1. The van der Waals surface area contributed by atoms with Gasteiger partial charge in [-0.2, -0.15) is 0 Å². The van der Waals surface area contributed by atoms with E-state index in [9.17, 15) is 9.90 Å². The van der Waals surface area contributed by atoms with Gasteiger partial charge in [0.05, 0.1) is 12.8 Å². The molecule has 1 aliphatic heterocycles. The molecule has 0 saturated carbocycles. The van der Waals surface area contributed by atoms with E-state index in [0.717, 1.165) is 34.1 Å². The predicted molar refractivity (Wildman–Crippen MR) is 120 cm³/mol. The molecule has 2 aromatic carbocycles. The lowest BCUT2D eigenvalue weighted by atomic mass is 10.00. The fourth-order valence-corrected chi connectivity index (χ4v) is 3.85. The number of methoxy groups -OCH3 is 1. The molecular weight excluding hydrogens is 390 g/mol. The third kappa shape index (κ3) is 4.38. The van der Waals surface area contributed by atoms with Crippen LogP contribution < -0.4 is 4.74 Å². The van der Waals surface area contributed by atoms with Gasteiger partial charge in [0.25, 0.3) is 5.91 Å². The van der Waals surface area contributed by atoms with Crippen molar-refractivity contribution >= 4 is 5.91 Å². The lowest BCUT2D eigenvalue weighted by molar-refractivity contribution is 0.0763. The van der Waals surface area contributed by atoms with Crippen molar-refractivity contribution in [3.63, 3.8) is 0 Å². The second kappa shape index (κ2) is 8.76. The molecule has 1 N–H and O–H groups in total. The molecule has 2 heterocycles. The van der Waals surface area contributed by atoms with Crippen molar-refractivity contribution in [3.05, 3.63) is 71.2 Å². The highest BCUT2D eigenvalue weighted by Crippen LogP contribution is 2.29. The molecule has 0 bridgehead atoms. The third-order valence-electron chi connectivity index (χ3n) is 5.64. The number of hydrogen-bond acceptors (Lipinski definition) is 5. The first kappa shape index (κ1) is 20.8. The van der Waals surface area contributed by atoms with Crippen molar-refractivity contribution < 1.29 is 14.6 Å². The smallest absolute Gasteiger partial charge is 0.253 e. The van der Waals surface area contributed by atoms with Gasteiger partial charge in [-0.05, 0) is 55.0 Å². The number of hydrogen-bond donors (Lipinski definition) is 1. The van der Waals surface area contributed by atoms with Crippen LogP contribution in [0, 0.1) is 0 Å². The van der Waals surface area contributed by atoms with Crippen LogP contribution in [0.4, 0.5) is 0 Å². The number of carbonyl (C=O) groups excluding carboxylic acids is 1. The second-order valence-electron chi connectivity index (χ2n) is 8.08. The Labute approximate surface area is 182 Å². The maximum atomic E-state index is 13.1. The van der Waals surface area contributed by atoms with E-state index in [1.807, 2.05) is 29.2 Å². The highest BCUT2D eigenvalue weighted by atomic mass is 16.5. The standard InChI is InChI=1S/C25H27N3O3/c1-16(2)24-26-22-13-15-28(25(30)18-6-10-20(31-3)11-7-18)14-12-21(22)23(27-24)17-4-8-19(29)9-5-17/h4-11,16,29H,12-15H2,1-3H3. The Morgan fingerprint density at radius 3 is 2.32 bits per heavy atom. The van der Waals surface area contributed by atoms with E-state index < -0.39 is 0 Å². The van der Waals surface area contributed by atoms with Crippen molar-refractivity contribution in [1.82, 2.24) is 14.9 Å². The molecule has 4 rings (SSSR count). The number of aromatic nitrogens is 2. The molecule has 1 aromatic heterocycles. The van der Waals surface area contributed by atoms with Gasteiger partial charge in [0, 0.05) is 47.8 Å². The Hall–Kier alpha value is -3.41. The van der Waals surface area contributed by atoms with Crippen molar-refractivity contribution in [2.75, 3.05) is 20.2 Å². The molecule has 0 fully saturated rings. The molecular formula is C25H27N3O3. The van der Waals surface area contributed by atoms with E-state index in [0.29, 0.717) is 31.5 Å². The number of phenols is 1. The molecule has 160 valence electrons. The average Bonchev–Trinajstić information content (AvgIpc) is 3.01. The van der Waals surface area contributed by atoms with Crippen LogP contribution in [0.3, 0.4) is 0 Å². The molecule has 0 atom stereocenters. The number of ether oxygens (including phenoxy) is 1. The normalized spacial score (nSPS) is 13.6. The predicted octanol–water partition coefficient (Wildman–Crippen LogP) is 4.22. The summed E-state index contributed by atoms with van der Waals surface area (Å²) in [6, 6.07) is 14.3. The van der Waals surface area contributed by atoms with Gasteiger partial charge in [-0.3, -0.25) is 4.79 Å². The molecule has 3 aromatic rings.